The Labute approximate surface area is 84.4 Å². The highest BCUT2D eigenvalue weighted by atomic mass is 32.2. The van der Waals surface area contributed by atoms with E-state index in [1.807, 2.05) is 6.92 Å². The minimum Gasteiger partial charge on any atom is -0.306 e. The van der Waals surface area contributed by atoms with Crippen molar-refractivity contribution in [3.05, 3.63) is 0 Å². The molecular formula is C10H22O2S. The Hall–Kier alpha value is 0.110. The molecule has 3 atom stereocenters. The second kappa shape index (κ2) is 7.51. The van der Waals surface area contributed by atoms with Crippen LogP contribution in [0.15, 0.2) is 0 Å². The molecule has 3 heteroatoms. The van der Waals surface area contributed by atoms with Crippen molar-refractivity contribution in [3.63, 3.8) is 0 Å². The zero-order chi connectivity index (χ0) is 10.3. The molecule has 0 heterocycles. The standard InChI is InChI=1S/C10H22O2S/c1-4-6-7-8-9(3)10(5-2)13(11)12/h9-10H,4-8H2,1-3H3,(H,11,12). The molecule has 1 N–H and O–H groups in total. The van der Waals surface area contributed by atoms with Crippen molar-refractivity contribution >= 4 is 11.1 Å². The van der Waals surface area contributed by atoms with Gasteiger partial charge in [-0.25, -0.2) is 4.21 Å². The highest BCUT2D eigenvalue weighted by molar-refractivity contribution is 7.79. The molecule has 13 heavy (non-hydrogen) atoms. The van der Waals surface area contributed by atoms with Crippen LogP contribution in [-0.2, 0) is 11.1 Å². The molecule has 2 nitrogen and oxygen atoms in total. The number of hydrogen-bond acceptors (Lipinski definition) is 1. The first-order valence-electron chi connectivity index (χ1n) is 5.23. The van der Waals surface area contributed by atoms with Crippen LogP contribution < -0.4 is 0 Å². The molecule has 0 saturated carbocycles. The quantitative estimate of drug-likeness (QED) is 0.513. The van der Waals surface area contributed by atoms with E-state index in [4.69, 9.17) is 4.55 Å². The van der Waals surface area contributed by atoms with E-state index in [9.17, 15) is 4.21 Å². The van der Waals surface area contributed by atoms with Gasteiger partial charge < -0.3 is 4.55 Å². The second-order valence-corrected chi connectivity index (χ2v) is 4.85. The molecule has 0 amide bonds. The SMILES string of the molecule is CCCCCC(C)C(CC)S(=O)O. The predicted molar refractivity (Wildman–Crippen MR) is 58.2 cm³/mol. The summed E-state index contributed by atoms with van der Waals surface area (Å²) < 4.78 is 19.9. The predicted octanol–water partition coefficient (Wildman–Crippen LogP) is 3.20. The lowest BCUT2D eigenvalue weighted by atomic mass is 9.98. The largest absolute Gasteiger partial charge is 0.306 e. The molecule has 0 aliphatic rings. The van der Waals surface area contributed by atoms with Crippen LogP contribution in [0.25, 0.3) is 0 Å². The van der Waals surface area contributed by atoms with E-state index in [0.29, 0.717) is 5.92 Å². The van der Waals surface area contributed by atoms with E-state index in [2.05, 4.69) is 13.8 Å². The summed E-state index contributed by atoms with van der Waals surface area (Å²) in [6.45, 7) is 6.24. The lowest BCUT2D eigenvalue weighted by Gasteiger charge is -2.18. The van der Waals surface area contributed by atoms with Crippen LogP contribution in [0.1, 0.15) is 52.9 Å². The van der Waals surface area contributed by atoms with Crippen LogP contribution in [-0.4, -0.2) is 14.0 Å². The molecule has 3 unspecified atom stereocenters. The van der Waals surface area contributed by atoms with Crippen molar-refractivity contribution in [3.8, 4) is 0 Å². The fourth-order valence-electron chi connectivity index (χ4n) is 1.65. The molecule has 0 fully saturated rings. The van der Waals surface area contributed by atoms with Gasteiger partial charge in [0.2, 0.25) is 0 Å². The molecule has 0 aliphatic heterocycles. The lowest BCUT2D eigenvalue weighted by molar-refractivity contribution is 0.439. The monoisotopic (exact) mass is 206 g/mol. The molecular weight excluding hydrogens is 184 g/mol. The van der Waals surface area contributed by atoms with Crippen LogP contribution in [0.2, 0.25) is 0 Å². The van der Waals surface area contributed by atoms with Gasteiger partial charge in [-0.1, -0.05) is 40.0 Å². The van der Waals surface area contributed by atoms with Gasteiger partial charge in [0.1, 0.15) is 0 Å². The highest BCUT2D eigenvalue weighted by Gasteiger charge is 2.19. The van der Waals surface area contributed by atoms with Gasteiger partial charge in [0.05, 0.1) is 5.25 Å². The van der Waals surface area contributed by atoms with Crippen molar-refractivity contribution in [2.75, 3.05) is 0 Å². The topological polar surface area (TPSA) is 37.3 Å². The van der Waals surface area contributed by atoms with Gasteiger partial charge in [-0.05, 0) is 18.8 Å². The Morgan fingerprint density at radius 1 is 1.31 bits per heavy atom. The smallest absolute Gasteiger partial charge is 0.156 e. The summed E-state index contributed by atoms with van der Waals surface area (Å²) in [4.78, 5) is 0. The average molecular weight is 206 g/mol. The summed E-state index contributed by atoms with van der Waals surface area (Å²) in [6.07, 6.45) is 5.52. The van der Waals surface area contributed by atoms with Crippen LogP contribution in [0.3, 0.4) is 0 Å². The summed E-state index contributed by atoms with van der Waals surface area (Å²) in [5.74, 6) is 0.377. The van der Waals surface area contributed by atoms with Gasteiger partial charge in [0, 0.05) is 0 Å². The van der Waals surface area contributed by atoms with E-state index in [1.165, 1.54) is 19.3 Å². The summed E-state index contributed by atoms with van der Waals surface area (Å²) >= 11 is -1.64. The maximum atomic E-state index is 10.9. The van der Waals surface area contributed by atoms with Crippen LogP contribution in [0, 0.1) is 5.92 Å². The number of hydrogen-bond donors (Lipinski definition) is 1. The van der Waals surface area contributed by atoms with Crippen molar-refractivity contribution in [2.24, 2.45) is 5.92 Å². The van der Waals surface area contributed by atoms with E-state index in [1.54, 1.807) is 0 Å². The van der Waals surface area contributed by atoms with Crippen molar-refractivity contribution < 1.29 is 8.76 Å². The van der Waals surface area contributed by atoms with Crippen molar-refractivity contribution in [2.45, 2.75) is 58.1 Å². The zero-order valence-electron chi connectivity index (χ0n) is 8.95. The second-order valence-electron chi connectivity index (χ2n) is 3.70. The maximum absolute atomic E-state index is 10.9. The zero-order valence-corrected chi connectivity index (χ0v) is 9.77. The van der Waals surface area contributed by atoms with Gasteiger partial charge in [0.15, 0.2) is 11.1 Å². The third-order valence-electron chi connectivity index (χ3n) is 2.56. The van der Waals surface area contributed by atoms with Gasteiger partial charge in [-0.15, -0.1) is 0 Å². The highest BCUT2D eigenvalue weighted by Crippen LogP contribution is 2.19. The van der Waals surface area contributed by atoms with Crippen LogP contribution >= 0.6 is 0 Å². The van der Waals surface area contributed by atoms with E-state index >= 15 is 0 Å². The van der Waals surface area contributed by atoms with Crippen LogP contribution in [0.4, 0.5) is 0 Å². The molecule has 0 radical (unpaired) electrons. The summed E-state index contributed by atoms with van der Waals surface area (Å²) in [5, 5.41) is -0.0307. The maximum Gasteiger partial charge on any atom is 0.156 e. The molecule has 80 valence electrons. The Morgan fingerprint density at radius 3 is 2.31 bits per heavy atom. The minimum absolute atomic E-state index is 0.0307. The minimum atomic E-state index is -1.64. The molecule has 0 rings (SSSR count). The summed E-state index contributed by atoms with van der Waals surface area (Å²) in [6, 6.07) is 0. The Balaban J connectivity index is 3.77. The van der Waals surface area contributed by atoms with Crippen LogP contribution in [0.5, 0.6) is 0 Å². The van der Waals surface area contributed by atoms with Gasteiger partial charge in [0.25, 0.3) is 0 Å². The number of unbranched alkanes of at least 4 members (excludes halogenated alkanes) is 2. The lowest BCUT2D eigenvalue weighted by Crippen LogP contribution is -2.22. The molecule has 0 aromatic rings. The fourth-order valence-corrected chi connectivity index (χ4v) is 2.46. The first-order valence-corrected chi connectivity index (χ1v) is 6.40. The Bertz CT molecular complexity index is 148. The third kappa shape index (κ3) is 5.42. The van der Waals surface area contributed by atoms with Crippen molar-refractivity contribution in [1.29, 1.82) is 0 Å². The first-order chi connectivity index (χ1) is 6.13. The molecule has 0 spiro atoms. The van der Waals surface area contributed by atoms with E-state index < -0.39 is 11.1 Å². The first kappa shape index (κ1) is 13.1. The normalized spacial score (nSPS) is 18.2. The third-order valence-corrected chi connectivity index (χ3v) is 3.87. The molecule has 0 aliphatic carbocycles. The van der Waals surface area contributed by atoms with Gasteiger partial charge in [-0.3, -0.25) is 0 Å². The number of rotatable bonds is 7. The fraction of sp³-hybridized carbons (Fsp3) is 1.00. The molecule has 0 saturated heterocycles. The summed E-state index contributed by atoms with van der Waals surface area (Å²) in [7, 11) is 0. The van der Waals surface area contributed by atoms with E-state index in [0.717, 1.165) is 12.8 Å². The van der Waals surface area contributed by atoms with Gasteiger partial charge in [-0.2, -0.15) is 0 Å². The average Bonchev–Trinajstić information content (AvgIpc) is 2.05. The van der Waals surface area contributed by atoms with Crippen molar-refractivity contribution in [1.82, 2.24) is 0 Å². The van der Waals surface area contributed by atoms with Gasteiger partial charge >= 0.3 is 0 Å². The molecule has 0 bridgehead atoms. The molecule has 0 aromatic carbocycles. The Kier molecular flexibility index (Phi) is 7.57. The summed E-state index contributed by atoms with van der Waals surface area (Å²) in [5.41, 5.74) is 0. The molecule has 0 aromatic heterocycles. The van der Waals surface area contributed by atoms with E-state index in [-0.39, 0.29) is 5.25 Å². The Morgan fingerprint density at radius 2 is 1.92 bits per heavy atom.